The van der Waals surface area contributed by atoms with Gasteiger partial charge in [-0.2, -0.15) is 5.53 Å². The van der Waals surface area contributed by atoms with Crippen LogP contribution in [-0.2, 0) is 0 Å². The molecule has 0 atom stereocenters. The van der Waals surface area contributed by atoms with Crippen molar-refractivity contribution < 1.29 is 0 Å². The van der Waals surface area contributed by atoms with Crippen molar-refractivity contribution in [3.05, 3.63) is 30.5 Å². The number of hydrogen-bond acceptors (Lipinski definition) is 5. The van der Waals surface area contributed by atoms with E-state index in [2.05, 4.69) is 20.9 Å². The van der Waals surface area contributed by atoms with Gasteiger partial charge in [-0.1, -0.05) is 18.2 Å². The lowest BCUT2D eigenvalue weighted by molar-refractivity contribution is 0.854. The Balaban J connectivity index is 2.49. The maximum Gasteiger partial charge on any atom is 0.238 e. The van der Waals surface area contributed by atoms with E-state index in [-0.39, 0.29) is 0 Å². The number of nitrogens with one attached hydrogen (secondary N) is 2. The summed E-state index contributed by atoms with van der Waals surface area (Å²) in [6.45, 7) is 0. The van der Waals surface area contributed by atoms with Crippen molar-refractivity contribution in [1.29, 1.82) is 0 Å². The average Bonchev–Trinajstić information content (AvgIpc) is 2.18. The molecule has 13 heavy (non-hydrogen) atoms. The fraction of sp³-hybridized carbons (Fsp3) is 0. The zero-order chi connectivity index (χ0) is 9.10. The van der Waals surface area contributed by atoms with Crippen molar-refractivity contribution in [3.63, 3.8) is 0 Å². The summed E-state index contributed by atoms with van der Waals surface area (Å²) in [6, 6.07) is 7.74. The molecule has 1 aromatic carbocycles. The Morgan fingerprint density at radius 3 is 2.92 bits per heavy atom. The summed E-state index contributed by atoms with van der Waals surface area (Å²) in [7, 11) is 0. The molecule has 0 amide bonds. The predicted molar refractivity (Wildman–Crippen MR) is 50.5 cm³/mol. The maximum absolute atomic E-state index is 5.06. The van der Waals surface area contributed by atoms with Crippen LogP contribution in [0, 0.1) is 0 Å². The number of aromatic nitrogens is 2. The van der Waals surface area contributed by atoms with Crippen molar-refractivity contribution in [3.8, 4) is 0 Å². The quantitative estimate of drug-likeness (QED) is 0.455. The highest BCUT2D eigenvalue weighted by Gasteiger charge is 1.96. The Hall–Kier alpha value is -1.72. The van der Waals surface area contributed by atoms with E-state index in [4.69, 9.17) is 5.84 Å². The van der Waals surface area contributed by atoms with E-state index >= 15 is 0 Å². The van der Waals surface area contributed by atoms with E-state index in [1.807, 2.05) is 24.3 Å². The second-order valence-corrected chi connectivity index (χ2v) is 2.52. The van der Waals surface area contributed by atoms with Gasteiger partial charge in [0.15, 0.2) is 0 Å². The summed E-state index contributed by atoms with van der Waals surface area (Å²) in [4.78, 5) is 8.23. The van der Waals surface area contributed by atoms with Crippen molar-refractivity contribution in [1.82, 2.24) is 15.5 Å². The molecule has 66 valence electrons. The number of para-hydroxylation sites is 1. The zero-order valence-electron chi connectivity index (χ0n) is 6.86. The van der Waals surface area contributed by atoms with Crippen LogP contribution in [0.15, 0.2) is 30.5 Å². The molecular formula is C8H9N5. The van der Waals surface area contributed by atoms with Gasteiger partial charge in [-0.3, -0.25) is 11.3 Å². The van der Waals surface area contributed by atoms with Crippen molar-refractivity contribution >= 4 is 16.9 Å². The summed E-state index contributed by atoms with van der Waals surface area (Å²) in [5, 5.41) is 1.00. The molecule has 0 spiro atoms. The highest BCUT2D eigenvalue weighted by molar-refractivity contribution is 5.78. The summed E-state index contributed by atoms with van der Waals surface area (Å²) < 4.78 is 0. The standard InChI is InChI=1S/C8H9N5/c9-13-12-8-10-5-6-3-1-2-4-7(6)11-8/h1-5,13H,9H2,(H,10,11,12). The molecule has 4 N–H and O–H groups in total. The number of rotatable bonds is 2. The summed E-state index contributed by atoms with van der Waals surface area (Å²) in [6.07, 6.45) is 1.74. The molecule has 1 aromatic heterocycles. The van der Waals surface area contributed by atoms with E-state index in [1.165, 1.54) is 0 Å². The van der Waals surface area contributed by atoms with Crippen LogP contribution in [-0.4, -0.2) is 9.97 Å². The molecule has 0 aliphatic carbocycles. The minimum absolute atomic E-state index is 0.459. The molecule has 0 aliphatic heterocycles. The molecule has 0 aliphatic rings. The van der Waals surface area contributed by atoms with Gasteiger partial charge in [0.25, 0.3) is 0 Å². The second kappa shape index (κ2) is 3.34. The van der Waals surface area contributed by atoms with Crippen molar-refractivity contribution in [2.24, 2.45) is 5.84 Å². The lowest BCUT2D eigenvalue weighted by Crippen LogP contribution is -2.29. The van der Waals surface area contributed by atoms with Crippen LogP contribution in [0.3, 0.4) is 0 Å². The number of nitrogens with two attached hydrogens (primary N) is 1. The van der Waals surface area contributed by atoms with Crippen LogP contribution in [0.5, 0.6) is 0 Å². The topological polar surface area (TPSA) is 75.9 Å². The molecule has 0 unspecified atom stereocenters. The van der Waals surface area contributed by atoms with E-state index < -0.39 is 0 Å². The van der Waals surface area contributed by atoms with Crippen LogP contribution in [0.4, 0.5) is 5.95 Å². The Bertz CT molecular complexity index is 414. The molecule has 0 saturated carbocycles. The van der Waals surface area contributed by atoms with Gasteiger partial charge in [-0.25, -0.2) is 9.97 Å². The average molecular weight is 175 g/mol. The minimum atomic E-state index is 0.459. The first-order valence-electron chi connectivity index (χ1n) is 3.83. The minimum Gasteiger partial charge on any atom is -0.276 e. The van der Waals surface area contributed by atoms with Crippen LogP contribution in [0.25, 0.3) is 10.9 Å². The van der Waals surface area contributed by atoms with Gasteiger partial charge >= 0.3 is 0 Å². The van der Waals surface area contributed by atoms with Crippen molar-refractivity contribution in [2.45, 2.75) is 0 Å². The fourth-order valence-corrected chi connectivity index (χ4v) is 1.10. The Morgan fingerprint density at radius 2 is 2.08 bits per heavy atom. The number of anilines is 1. The highest BCUT2D eigenvalue weighted by Crippen LogP contribution is 2.10. The molecule has 2 rings (SSSR count). The molecule has 0 saturated heterocycles. The third kappa shape index (κ3) is 1.56. The van der Waals surface area contributed by atoms with Gasteiger partial charge in [0.2, 0.25) is 5.95 Å². The first-order valence-corrected chi connectivity index (χ1v) is 3.83. The second-order valence-electron chi connectivity index (χ2n) is 2.52. The third-order valence-corrected chi connectivity index (χ3v) is 1.67. The van der Waals surface area contributed by atoms with E-state index in [1.54, 1.807) is 6.20 Å². The predicted octanol–water partition coefficient (Wildman–Crippen LogP) is 0.420. The number of nitrogens with zero attached hydrogens (tertiary/aromatic N) is 2. The Kier molecular flexibility index (Phi) is 2.03. The molecular weight excluding hydrogens is 166 g/mol. The lowest BCUT2D eigenvalue weighted by Gasteiger charge is -2.02. The summed E-state index contributed by atoms with van der Waals surface area (Å²) in [5.74, 6) is 5.52. The number of benzene rings is 1. The number of hydrazine groups is 2. The molecule has 5 nitrogen and oxygen atoms in total. The van der Waals surface area contributed by atoms with Gasteiger partial charge in [0.1, 0.15) is 0 Å². The van der Waals surface area contributed by atoms with E-state index in [0.717, 1.165) is 10.9 Å². The highest BCUT2D eigenvalue weighted by atomic mass is 15.5. The Labute approximate surface area is 74.9 Å². The first kappa shape index (κ1) is 7.90. The van der Waals surface area contributed by atoms with Gasteiger partial charge in [0, 0.05) is 11.6 Å². The number of fused-ring (bicyclic) bond motifs is 1. The van der Waals surface area contributed by atoms with Crippen LogP contribution < -0.4 is 16.8 Å². The third-order valence-electron chi connectivity index (χ3n) is 1.67. The first-order chi connectivity index (χ1) is 6.40. The molecule has 1 heterocycles. The summed E-state index contributed by atoms with van der Waals surface area (Å²) in [5.41, 5.74) is 5.76. The number of hydrogen-bond donors (Lipinski definition) is 3. The van der Waals surface area contributed by atoms with Gasteiger partial charge < -0.3 is 0 Å². The van der Waals surface area contributed by atoms with Crippen LogP contribution in [0.1, 0.15) is 0 Å². The molecule has 5 heteroatoms. The van der Waals surface area contributed by atoms with Gasteiger partial charge in [-0.05, 0) is 6.07 Å². The fourth-order valence-electron chi connectivity index (χ4n) is 1.10. The van der Waals surface area contributed by atoms with E-state index in [9.17, 15) is 0 Å². The normalized spacial score (nSPS) is 10.2. The monoisotopic (exact) mass is 175 g/mol. The smallest absolute Gasteiger partial charge is 0.238 e. The molecule has 0 fully saturated rings. The zero-order valence-corrected chi connectivity index (χ0v) is 6.86. The maximum atomic E-state index is 5.06. The largest absolute Gasteiger partial charge is 0.276 e. The van der Waals surface area contributed by atoms with E-state index in [0.29, 0.717) is 5.95 Å². The summed E-state index contributed by atoms with van der Waals surface area (Å²) >= 11 is 0. The molecule has 0 bridgehead atoms. The molecule has 2 aromatic rings. The van der Waals surface area contributed by atoms with Crippen LogP contribution >= 0.6 is 0 Å². The lowest BCUT2D eigenvalue weighted by atomic mass is 10.2. The Morgan fingerprint density at radius 1 is 1.23 bits per heavy atom. The van der Waals surface area contributed by atoms with Crippen LogP contribution in [0.2, 0.25) is 0 Å². The van der Waals surface area contributed by atoms with Gasteiger partial charge in [0.05, 0.1) is 5.52 Å². The SMILES string of the molecule is NNNc1ncc2ccccc2n1. The molecule has 0 radical (unpaired) electrons. The van der Waals surface area contributed by atoms with Crippen molar-refractivity contribution in [2.75, 3.05) is 5.43 Å². The van der Waals surface area contributed by atoms with Gasteiger partial charge in [-0.15, -0.1) is 0 Å².